The van der Waals surface area contributed by atoms with E-state index in [9.17, 15) is 0 Å². The minimum atomic E-state index is 0.544. The Bertz CT molecular complexity index is 789. The third-order valence-corrected chi connectivity index (χ3v) is 4.93. The van der Waals surface area contributed by atoms with Crippen LogP contribution in [0.4, 0.5) is 0 Å². The average molecular weight is 367 g/mol. The summed E-state index contributed by atoms with van der Waals surface area (Å²) < 4.78 is 10.7. The number of nitrogens with zero attached hydrogens (tertiary/aromatic N) is 1. The minimum absolute atomic E-state index is 0.544. The summed E-state index contributed by atoms with van der Waals surface area (Å²) in [7, 11) is 3.31. The van der Waals surface area contributed by atoms with Crippen molar-refractivity contribution in [3.8, 4) is 11.5 Å². The fourth-order valence-electron chi connectivity index (χ4n) is 3.43. The summed E-state index contributed by atoms with van der Waals surface area (Å²) in [6.45, 7) is 4.57. The SMILES string of the molecule is CCNC(=NCC1Cc2ccccc21)NCCc1ccc(OC)c(OC)c1. The van der Waals surface area contributed by atoms with Crippen LogP contribution < -0.4 is 20.1 Å². The van der Waals surface area contributed by atoms with E-state index >= 15 is 0 Å². The summed E-state index contributed by atoms with van der Waals surface area (Å²) >= 11 is 0. The highest BCUT2D eigenvalue weighted by Gasteiger charge is 2.24. The molecule has 5 nitrogen and oxygen atoms in total. The number of hydrogen-bond acceptors (Lipinski definition) is 3. The Morgan fingerprint density at radius 2 is 1.89 bits per heavy atom. The molecule has 1 aliphatic rings. The van der Waals surface area contributed by atoms with Crippen LogP contribution in [-0.4, -0.2) is 39.8 Å². The van der Waals surface area contributed by atoms with Gasteiger partial charge in [-0.1, -0.05) is 30.3 Å². The Morgan fingerprint density at radius 1 is 1.07 bits per heavy atom. The van der Waals surface area contributed by atoms with Crippen molar-refractivity contribution >= 4 is 5.96 Å². The molecule has 0 aliphatic heterocycles. The summed E-state index contributed by atoms with van der Waals surface area (Å²) in [5, 5.41) is 6.76. The van der Waals surface area contributed by atoms with E-state index in [-0.39, 0.29) is 0 Å². The maximum absolute atomic E-state index is 5.37. The molecule has 5 heteroatoms. The Hall–Kier alpha value is -2.69. The summed E-state index contributed by atoms with van der Waals surface area (Å²) in [6.07, 6.45) is 2.02. The van der Waals surface area contributed by atoms with Crippen molar-refractivity contribution in [2.24, 2.45) is 4.99 Å². The molecule has 2 aromatic rings. The van der Waals surface area contributed by atoms with E-state index in [4.69, 9.17) is 14.5 Å². The van der Waals surface area contributed by atoms with Crippen LogP contribution in [0.15, 0.2) is 47.5 Å². The van der Waals surface area contributed by atoms with Crippen LogP contribution in [0.25, 0.3) is 0 Å². The molecule has 0 amide bonds. The van der Waals surface area contributed by atoms with Crippen molar-refractivity contribution in [2.75, 3.05) is 33.9 Å². The molecule has 27 heavy (non-hydrogen) atoms. The first-order valence-electron chi connectivity index (χ1n) is 9.56. The van der Waals surface area contributed by atoms with Crippen LogP contribution in [0, 0.1) is 0 Å². The first-order chi connectivity index (χ1) is 13.2. The molecule has 0 fully saturated rings. The van der Waals surface area contributed by atoms with Gasteiger partial charge in [-0.15, -0.1) is 0 Å². The van der Waals surface area contributed by atoms with Gasteiger partial charge in [0.1, 0.15) is 0 Å². The maximum Gasteiger partial charge on any atom is 0.191 e. The molecule has 3 rings (SSSR count). The van der Waals surface area contributed by atoms with E-state index in [0.29, 0.717) is 5.92 Å². The Morgan fingerprint density at radius 3 is 2.63 bits per heavy atom. The van der Waals surface area contributed by atoms with Gasteiger partial charge in [-0.2, -0.15) is 0 Å². The van der Waals surface area contributed by atoms with Gasteiger partial charge in [0, 0.05) is 25.6 Å². The molecule has 144 valence electrons. The second-order valence-electron chi connectivity index (χ2n) is 6.69. The van der Waals surface area contributed by atoms with Crippen LogP contribution in [0.3, 0.4) is 0 Å². The van der Waals surface area contributed by atoms with Gasteiger partial charge in [-0.05, 0) is 48.6 Å². The van der Waals surface area contributed by atoms with Gasteiger partial charge in [-0.3, -0.25) is 4.99 Å². The molecule has 2 N–H and O–H groups in total. The molecule has 1 aliphatic carbocycles. The lowest BCUT2D eigenvalue weighted by Crippen LogP contribution is -2.39. The number of ether oxygens (including phenoxy) is 2. The zero-order chi connectivity index (χ0) is 19.1. The summed E-state index contributed by atoms with van der Waals surface area (Å²) in [4.78, 5) is 4.78. The Labute approximate surface area is 161 Å². The van der Waals surface area contributed by atoms with Crippen molar-refractivity contribution in [3.05, 3.63) is 59.2 Å². The third-order valence-electron chi connectivity index (χ3n) is 4.93. The predicted molar refractivity (Wildman–Crippen MR) is 110 cm³/mol. The predicted octanol–water partition coefficient (Wildman–Crippen LogP) is 3.14. The Kier molecular flexibility index (Phi) is 6.58. The molecule has 0 aromatic heterocycles. The lowest BCUT2D eigenvalue weighted by Gasteiger charge is -2.29. The number of benzene rings is 2. The third kappa shape index (κ3) is 4.73. The molecule has 0 heterocycles. The van der Waals surface area contributed by atoms with Crippen molar-refractivity contribution in [2.45, 2.75) is 25.7 Å². The smallest absolute Gasteiger partial charge is 0.191 e. The van der Waals surface area contributed by atoms with Gasteiger partial charge < -0.3 is 20.1 Å². The second kappa shape index (κ2) is 9.31. The summed E-state index contributed by atoms with van der Waals surface area (Å²) in [6, 6.07) is 14.7. The standard InChI is InChI=1S/C22H29N3O2/c1-4-23-22(25-15-18-14-17-7-5-6-8-19(17)18)24-12-11-16-9-10-20(26-2)21(13-16)27-3/h5-10,13,18H,4,11-12,14-15H2,1-3H3,(H2,23,24,25). The number of aliphatic imine (C=N–C) groups is 1. The molecule has 1 atom stereocenters. The van der Waals surface area contributed by atoms with Crippen molar-refractivity contribution in [1.29, 1.82) is 0 Å². The van der Waals surface area contributed by atoms with Crippen molar-refractivity contribution in [1.82, 2.24) is 10.6 Å². The van der Waals surface area contributed by atoms with E-state index < -0.39 is 0 Å². The van der Waals surface area contributed by atoms with Crippen molar-refractivity contribution in [3.63, 3.8) is 0 Å². The highest BCUT2D eigenvalue weighted by atomic mass is 16.5. The zero-order valence-electron chi connectivity index (χ0n) is 16.4. The fourth-order valence-corrected chi connectivity index (χ4v) is 3.43. The van der Waals surface area contributed by atoms with Crippen LogP contribution in [-0.2, 0) is 12.8 Å². The Balaban J connectivity index is 1.53. The molecular formula is C22H29N3O2. The molecule has 0 radical (unpaired) electrons. The molecule has 0 saturated heterocycles. The second-order valence-corrected chi connectivity index (χ2v) is 6.69. The summed E-state index contributed by atoms with van der Waals surface area (Å²) in [5.74, 6) is 2.94. The van der Waals surface area contributed by atoms with Gasteiger partial charge in [0.15, 0.2) is 17.5 Å². The van der Waals surface area contributed by atoms with Crippen LogP contribution in [0.2, 0.25) is 0 Å². The van der Waals surface area contributed by atoms with Gasteiger partial charge in [0.2, 0.25) is 0 Å². The number of hydrogen-bond donors (Lipinski definition) is 2. The maximum atomic E-state index is 5.37. The van der Waals surface area contributed by atoms with E-state index in [2.05, 4.69) is 47.9 Å². The zero-order valence-corrected chi connectivity index (χ0v) is 16.4. The molecule has 0 bridgehead atoms. The number of nitrogens with one attached hydrogen (secondary N) is 2. The topological polar surface area (TPSA) is 54.9 Å². The average Bonchev–Trinajstić information content (AvgIpc) is 2.68. The van der Waals surface area contributed by atoms with Crippen LogP contribution >= 0.6 is 0 Å². The van der Waals surface area contributed by atoms with E-state index in [1.165, 1.54) is 16.7 Å². The lowest BCUT2D eigenvalue weighted by molar-refractivity contribution is 0.354. The molecule has 1 unspecified atom stereocenters. The fraction of sp³-hybridized carbons (Fsp3) is 0.409. The highest BCUT2D eigenvalue weighted by molar-refractivity contribution is 5.79. The first-order valence-corrected chi connectivity index (χ1v) is 9.56. The number of methoxy groups -OCH3 is 2. The molecule has 0 saturated carbocycles. The first kappa shape index (κ1) is 19.1. The number of fused-ring (bicyclic) bond motifs is 1. The van der Waals surface area contributed by atoms with Crippen molar-refractivity contribution < 1.29 is 9.47 Å². The van der Waals surface area contributed by atoms with E-state index in [1.807, 2.05) is 12.1 Å². The van der Waals surface area contributed by atoms with Gasteiger partial charge in [0.05, 0.1) is 14.2 Å². The van der Waals surface area contributed by atoms with Gasteiger partial charge in [-0.25, -0.2) is 0 Å². The lowest BCUT2D eigenvalue weighted by atomic mass is 9.78. The normalized spacial score (nSPS) is 15.5. The van der Waals surface area contributed by atoms with E-state index in [0.717, 1.165) is 49.9 Å². The highest BCUT2D eigenvalue weighted by Crippen LogP contribution is 2.34. The van der Waals surface area contributed by atoms with Crippen LogP contribution in [0.1, 0.15) is 29.5 Å². The van der Waals surface area contributed by atoms with E-state index in [1.54, 1.807) is 14.2 Å². The monoisotopic (exact) mass is 367 g/mol. The number of guanidine groups is 1. The largest absolute Gasteiger partial charge is 0.493 e. The summed E-state index contributed by atoms with van der Waals surface area (Å²) in [5.41, 5.74) is 4.11. The van der Waals surface area contributed by atoms with Crippen LogP contribution in [0.5, 0.6) is 11.5 Å². The minimum Gasteiger partial charge on any atom is -0.493 e. The number of rotatable bonds is 8. The molecule has 0 spiro atoms. The quantitative estimate of drug-likeness (QED) is 0.556. The van der Waals surface area contributed by atoms with Gasteiger partial charge >= 0.3 is 0 Å². The molecule has 2 aromatic carbocycles. The van der Waals surface area contributed by atoms with Gasteiger partial charge in [0.25, 0.3) is 0 Å². The molecular weight excluding hydrogens is 338 g/mol.